The number of benzene rings is 2. The van der Waals surface area contributed by atoms with E-state index in [1.807, 2.05) is 12.1 Å². The quantitative estimate of drug-likeness (QED) is 0.603. The highest BCUT2D eigenvalue weighted by molar-refractivity contribution is 7.22. The summed E-state index contributed by atoms with van der Waals surface area (Å²) in [6.07, 6.45) is -3.50. The Morgan fingerprint density at radius 2 is 1.81 bits per heavy atom. The van der Waals surface area contributed by atoms with Crippen LogP contribution in [0.5, 0.6) is 5.75 Å². The van der Waals surface area contributed by atoms with E-state index in [1.165, 1.54) is 23.5 Å². The van der Waals surface area contributed by atoms with Gasteiger partial charge in [0.1, 0.15) is 5.75 Å². The molecule has 2 heterocycles. The number of methoxy groups -OCH3 is 1. The molecule has 2 amide bonds. The Kier molecular flexibility index (Phi) is 6.05. The highest BCUT2D eigenvalue weighted by atomic mass is 32.1. The lowest BCUT2D eigenvalue weighted by atomic mass is 9.95. The molecule has 0 bridgehead atoms. The summed E-state index contributed by atoms with van der Waals surface area (Å²) < 4.78 is 44.2. The van der Waals surface area contributed by atoms with Gasteiger partial charge in [-0.05, 0) is 55.3 Å². The van der Waals surface area contributed by atoms with Crippen LogP contribution in [0.1, 0.15) is 28.8 Å². The van der Waals surface area contributed by atoms with Crippen molar-refractivity contribution in [2.45, 2.75) is 19.0 Å². The molecule has 6 nitrogen and oxygen atoms in total. The minimum absolute atomic E-state index is 0.155. The van der Waals surface area contributed by atoms with Crippen LogP contribution in [0.2, 0.25) is 0 Å². The normalized spacial score (nSPS) is 15.1. The molecule has 1 aliphatic rings. The monoisotopic (exact) mass is 463 g/mol. The van der Waals surface area contributed by atoms with Crippen LogP contribution in [-0.2, 0) is 11.0 Å². The number of amides is 2. The summed E-state index contributed by atoms with van der Waals surface area (Å²) >= 11 is 1.36. The standard InChI is InChI=1S/C22H20F3N3O3S/c1-31-16-6-7-17-18(12-16)32-21(26-17)27-19(29)13-8-10-28(11-9-13)20(30)14-2-4-15(5-3-14)22(23,24)25/h2-7,12-13H,8-11H2,1H3,(H,26,27,29). The summed E-state index contributed by atoms with van der Waals surface area (Å²) in [5.41, 5.74) is 0.173. The number of carbonyl (C=O) groups is 2. The van der Waals surface area contributed by atoms with Gasteiger partial charge in [-0.2, -0.15) is 13.2 Å². The smallest absolute Gasteiger partial charge is 0.416 e. The maximum atomic E-state index is 12.7. The molecule has 1 fully saturated rings. The molecular formula is C22H20F3N3O3S. The molecule has 10 heteroatoms. The summed E-state index contributed by atoms with van der Waals surface area (Å²) in [5, 5.41) is 3.35. The van der Waals surface area contributed by atoms with Crippen molar-refractivity contribution in [3.05, 3.63) is 53.6 Å². The Balaban J connectivity index is 1.34. The Labute approximate surface area is 186 Å². The number of aromatic nitrogens is 1. The third-order valence-electron chi connectivity index (χ3n) is 5.44. The Morgan fingerprint density at radius 3 is 2.44 bits per heavy atom. The minimum Gasteiger partial charge on any atom is -0.497 e. The molecule has 0 aliphatic carbocycles. The number of thiazole rings is 1. The van der Waals surface area contributed by atoms with Crippen molar-refractivity contribution in [2.75, 3.05) is 25.5 Å². The Bertz CT molecular complexity index is 1140. The van der Waals surface area contributed by atoms with E-state index >= 15 is 0 Å². The van der Waals surface area contributed by atoms with Gasteiger partial charge in [-0.15, -0.1) is 0 Å². The van der Waals surface area contributed by atoms with Gasteiger partial charge in [0, 0.05) is 24.6 Å². The molecule has 1 aromatic heterocycles. The highest BCUT2D eigenvalue weighted by Crippen LogP contribution is 2.31. The molecule has 1 aliphatic heterocycles. The van der Waals surface area contributed by atoms with Crippen LogP contribution in [0.4, 0.5) is 18.3 Å². The predicted octanol–water partition coefficient (Wildman–Crippen LogP) is 4.81. The SMILES string of the molecule is COc1ccc2nc(NC(=O)C3CCN(C(=O)c4ccc(C(F)(F)F)cc4)CC3)sc2c1. The van der Waals surface area contributed by atoms with Gasteiger partial charge >= 0.3 is 6.18 Å². The molecule has 3 aromatic rings. The van der Waals surface area contributed by atoms with Crippen LogP contribution in [0.25, 0.3) is 10.2 Å². The van der Waals surface area contributed by atoms with Gasteiger partial charge in [0.15, 0.2) is 5.13 Å². The molecular weight excluding hydrogens is 443 g/mol. The molecule has 168 valence electrons. The third kappa shape index (κ3) is 4.69. The van der Waals surface area contributed by atoms with Gasteiger partial charge in [-0.3, -0.25) is 9.59 Å². The maximum absolute atomic E-state index is 12.7. The number of nitrogens with zero attached hydrogens (tertiary/aromatic N) is 2. The first-order valence-electron chi connectivity index (χ1n) is 9.96. The van der Waals surface area contributed by atoms with Gasteiger partial charge < -0.3 is 15.0 Å². The lowest BCUT2D eigenvalue weighted by Gasteiger charge is -2.31. The third-order valence-corrected chi connectivity index (χ3v) is 6.37. The topological polar surface area (TPSA) is 71.5 Å². The number of halogens is 3. The first-order valence-corrected chi connectivity index (χ1v) is 10.8. The molecule has 0 atom stereocenters. The number of anilines is 1. The zero-order chi connectivity index (χ0) is 22.9. The van der Waals surface area contributed by atoms with Crippen LogP contribution in [0, 0.1) is 5.92 Å². The number of hydrogen-bond acceptors (Lipinski definition) is 5. The van der Waals surface area contributed by atoms with Crippen LogP contribution in [0.15, 0.2) is 42.5 Å². The van der Waals surface area contributed by atoms with Crippen LogP contribution in [0.3, 0.4) is 0 Å². The molecule has 0 saturated carbocycles. The Hall–Kier alpha value is -3.14. The van der Waals surface area contributed by atoms with Crippen LogP contribution < -0.4 is 10.1 Å². The average molecular weight is 463 g/mol. The van der Waals surface area contributed by atoms with Crippen LogP contribution >= 0.6 is 11.3 Å². The van der Waals surface area contributed by atoms with Crippen molar-refractivity contribution in [1.29, 1.82) is 0 Å². The number of ether oxygens (including phenoxy) is 1. The first kappa shape index (κ1) is 22.1. The number of carbonyl (C=O) groups excluding carboxylic acids is 2. The number of piperidine rings is 1. The van der Waals surface area contributed by atoms with E-state index in [9.17, 15) is 22.8 Å². The van der Waals surface area contributed by atoms with Crippen LogP contribution in [-0.4, -0.2) is 41.9 Å². The fourth-order valence-corrected chi connectivity index (χ4v) is 4.52. The van der Waals surface area contributed by atoms with Crippen molar-refractivity contribution in [2.24, 2.45) is 5.92 Å². The molecule has 0 unspecified atom stereocenters. The first-order chi connectivity index (χ1) is 15.2. The second kappa shape index (κ2) is 8.78. The van der Waals surface area contributed by atoms with Crippen molar-refractivity contribution in [3.8, 4) is 5.75 Å². The molecule has 1 N–H and O–H groups in total. The van der Waals surface area contributed by atoms with Gasteiger partial charge in [-0.1, -0.05) is 11.3 Å². The fourth-order valence-electron chi connectivity index (χ4n) is 3.62. The van der Waals surface area contributed by atoms with Gasteiger partial charge in [0.2, 0.25) is 5.91 Å². The number of hydrogen-bond donors (Lipinski definition) is 1. The maximum Gasteiger partial charge on any atom is 0.416 e. The zero-order valence-electron chi connectivity index (χ0n) is 17.1. The zero-order valence-corrected chi connectivity index (χ0v) is 17.9. The van der Waals surface area contributed by atoms with Crippen molar-refractivity contribution in [1.82, 2.24) is 9.88 Å². The average Bonchev–Trinajstić information content (AvgIpc) is 3.19. The molecule has 2 aromatic carbocycles. The minimum atomic E-state index is -4.44. The molecule has 0 radical (unpaired) electrons. The summed E-state index contributed by atoms with van der Waals surface area (Å²) in [7, 11) is 1.58. The lowest BCUT2D eigenvalue weighted by molar-refractivity contribution is -0.137. The summed E-state index contributed by atoms with van der Waals surface area (Å²) in [6.45, 7) is 0.712. The van der Waals surface area contributed by atoms with E-state index in [0.29, 0.717) is 36.8 Å². The van der Waals surface area contributed by atoms with Gasteiger partial charge in [0.25, 0.3) is 5.91 Å². The van der Waals surface area contributed by atoms with Crippen molar-refractivity contribution >= 4 is 38.5 Å². The summed E-state index contributed by atoms with van der Waals surface area (Å²) in [6, 6.07) is 9.66. The van der Waals surface area contributed by atoms with E-state index in [1.54, 1.807) is 18.1 Å². The second-order valence-electron chi connectivity index (χ2n) is 7.48. The number of nitrogens with one attached hydrogen (secondary N) is 1. The highest BCUT2D eigenvalue weighted by Gasteiger charge is 2.31. The molecule has 4 rings (SSSR count). The van der Waals surface area contributed by atoms with E-state index in [4.69, 9.17) is 4.74 Å². The number of alkyl halides is 3. The number of rotatable bonds is 4. The number of fused-ring (bicyclic) bond motifs is 1. The van der Waals surface area contributed by atoms with E-state index in [2.05, 4.69) is 10.3 Å². The van der Waals surface area contributed by atoms with E-state index in [-0.39, 0.29) is 23.3 Å². The van der Waals surface area contributed by atoms with Gasteiger partial charge in [0.05, 0.1) is 22.9 Å². The largest absolute Gasteiger partial charge is 0.497 e. The summed E-state index contributed by atoms with van der Waals surface area (Å²) in [4.78, 5) is 31.3. The van der Waals surface area contributed by atoms with E-state index in [0.717, 1.165) is 22.3 Å². The van der Waals surface area contributed by atoms with Crippen molar-refractivity contribution < 1.29 is 27.5 Å². The summed E-state index contributed by atoms with van der Waals surface area (Å²) in [5.74, 6) is -0.0485. The second-order valence-corrected chi connectivity index (χ2v) is 8.51. The number of likely N-dealkylation sites (tertiary alicyclic amines) is 1. The predicted molar refractivity (Wildman–Crippen MR) is 115 cm³/mol. The fraction of sp³-hybridized carbons (Fsp3) is 0.318. The van der Waals surface area contributed by atoms with Crippen molar-refractivity contribution in [3.63, 3.8) is 0 Å². The van der Waals surface area contributed by atoms with E-state index < -0.39 is 11.7 Å². The molecule has 32 heavy (non-hydrogen) atoms. The Morgan fingerprint density at radius 1 is 1.12 bits per heavy atom. The van der Waals surface area contributed by atoms with Gasteiger partial charge in [-0.25, -0.2) is 4.98 Å². The molecule has 0 spiro atoms. The lowest BCUT2D eigenvalue weighted by Crippen LogP contribution is -2.41. The molecule has 1 saturated heterocycles.